The van der Waals surface area contributed by atoms with Crippen LogP contribution in [0.4, 0.5) is 35.2 Å². The number of nitrogens with zero attached hydrogens (tertiary/aromatic N) is 14. The number of hydrazine groups is 2. The van der Waals surface area contributed by atoms with Gasteiger partial charge >= 0.3 is 0 Å². The zero-order valence-electron chi connectivity index (χ0n) is 13.4. The second-order valence-corrected chi connectivity index (χ2v) is 4.16. The number of anilines is 6. The van der Waals surface area contributed by atoms with Crippen LogP contribution in [0.1, 0.15) is 0 Å². The van der Waals surface area contributed by atoms with Crippen LogP contribution in [0.3, 0.4) is 0 Å². The van der Waals surface area contributed by atoms with Gasteiger partial charge in [0, 0.05) is 0 Å². The van der Waals surface area contributed by atoms with E-state index in [1.807, 2.05) is 0 Å². The highest BCUT2D eigenvalue weighted by molar-refractivity contribution is 5.66. The van der Waals surface area contributed by atoms with E-state index in [4.69, 9.17) is 11.7 Å². The standard InChI is InChI=1S/C4H4N14.C2H6N8/c5(3-9-15-16-10-3)1-2(8-14-13-7-1)6-4-11-17-18-12-4;3-5-1-2(6-4)8-10-9-7-1/h(H2,5,7,9,10,14,15,16)(H2,6,8,11,12,13,17,18);3-4H2,(H,5,7,10)(H,6,8,9). The normalized spacial score (nSPS) is 9.79. The first kappa shape index (κ1) is 17.9. The number of tetrazole rings is 2. The number of nitrogen functional groups attached to an aromatic ring is 2. The lowest BCUT2D eigenvalue weighted by atomic mass is 10.6. The Kier molecular flexibility index (Phi) is 5.77. The summed E-state index contributed by atoms with van der Waals surface area (Å²) < 4.78 is 0. The quantitative estimate of drug-likeness (QED) is 0.114. The van der Waals surface area contributed by atoms with E-state index in [-0.39, 0.29) is 35.2 Å². The van der Waals surface area contributed by atoms with E-state index in [1.54, 1.807) is 0 Å². The van der Waals surface area contributed by atoms with Crippen molar-refractivity contribution in [2.24, 2.45) is 11.7 Å². The molecule has 28 heavy (non-hydrogen) atoms. The van der Waals surface area contributed by atoms with Crippen molar-refractivity contribution in [2.45, 2.75) is 0 Å². The summed E-state index contributed by atoms with van der Waals surface area (Å²) in [6.07, 6.45) is 0. The maximum Gasteiger partial charge on any atom is 0.268 e. The van der Waals surface area contributed by atoms with Crippen molar-refractivity contribution in [3.8, 4) is 0 Å². The van der Waals surface area contributed by atoms with E-state index in [9.17, 15) is 0 Å². The van der Waals surface area contributed by atoms with Gasteiger partial charge in [-0.15, -0.1) is 30.6 Å². The minimum Gasteiger partial charge on any atom is -0.304 e. The minimum atomic E-state index is 0.202. The van der Waals surface area contributed by atoms with E-state index < -0.39 is 0 Å². The second-order valence-electron chi connectivity index (χ2n) is 4.16. The molecule has 0 saturated carbocycles. The lowest BCUT2D eigenvalue weighted by Gasteiger charge is -2.03. The number of aromatic amines is 2. The van der Waals surface area contributed by atoms with Crippen molar-refractivity contribution in [1.29, 1.82) is 0 Å². The van der Waals surface area contributed by atoms with Crippen molar-refractivity contribution in [1.82, 2.24) is 82.5 Å². The van der Waals surface area contributed by atoms with Gasteiger partial charge in [0.1, 0.15) is 0 Å². The maximum atomic E-state index is 5.01. The molecule has 0 spiro atoms. The topological polar surface area (TPSA) is 312 Å². The Hall–Kier alpha value is -4.86. The van der Waals surface area contributed by atoms with Gasteiger partial charge < -0.3 is 21.5 Å². The number of aromatic nitrogens is 16. The predicted octanol–water partition coefficient (Wildman–Crippen LogP) is -4.38. The van der Waals surface area contributed by atoms with Crippen molar-refractivity contribution in [3.63, 3.8) is 0 Å². The van der Waals surface area contributed by atoms with Crippen LogP contribution in [0.15, 0.2) is 0 Å². The van der Waals surface area contributed by atoms with Gasteiger partial charge in [0.2, 0.25) is 23.3 Å². The summed E-state index contributed by atoms with van der Waals surface area (Å²) in [4.78, 5) is 0. The molecule has 144 valence electrons. The van der Waals surface area contributed by atoms with E-state index in [1.165, 1.54) is 0 Å². The predicted molar refractivity (Wildman–Crippen MR) is 85.8 cm³/mol. The van der Waals surface area contributed by atoms with Gasteiger partial charge in [0.15, 0.2) is 0 Å². The first-order valence-corrected chi connectivity index (χ1v) is 6.86. The molecule has 0 aromatic carbocycles. The van der Waals surface area contributed by atoms with Crippen LogP contribution >= 0.6 is 0 Å². The number of hydrogen-bond acceptors (Lipinski definition) is 20. The summed E-state index contributed by atoms with van der Waals surface area (Å²) in [7, 11) is 0. The highest BCUT2D eigenvalue weighted by Crippen LogP contribution is 2.18. The summed E-state index contributed by atoms with van der Waals surface area (Å²) in [6, 6.07) is 0. The maximum absolute atomic E-state index is 5.01. The number of rotatable bonds is 6. The van der Waals surface area contributed by atoms with Crippen LogP contribution in [0.25, 0.3) is 0 Å². The van der Waals surface area contributed by atoms with Gasteiger partial charge in [-0.3, -0.25) is 0 Å². The van der Waals surface area contributed by atoms with Crippen molar-refractivity contribution in [3.05, 3.63) is 0 Å². The molecule has 10 N–H and O–H groups in total. The van der Waals surface area contributed by atoms with Crippen LogP contribution in [-0.2, 0) is 0 Å². The number of nitrogens with two attached hydrogens (primary N) is 2. The molecular weight excluding hydrogens is 380 g/mol. The largest absolute Gasteiger partial charge is 0.304 e. The SMILES string of the molecule is NNc1nnnnc1NN.n1nnc(Nc2nn[nH]n2)c(Nc2nn[nH]n2)n1. The Morgan fingerprint density at radius 3 is 1.25 bits per heavy atom. The summed E-state index contributed by atoms with van der Waals surface area (Å²) >= 11 is 0. The monoisotopic (exact) mass is 390 g/mol. The second kappa shape index (κ2) is 9.01. The highest BCUT2D eigenvalue weighted by Gasteiger charge is 2.11. The molecule has 22 nitrogen and oxygen atoms in total. The summed E-state index contributed by atoms with van der Waals surface area (Å²) in [5.41, 5.74) is 4.46. The van der Waals surface area contributed by atoms with Gasteiger partial charge in [-0.05, 0) is 31.3 Å². The molecule has 4 aromatic rings. The zero-order chi connectivity index (χ0) is 19.6. The van der Waals surface area contributed by atoms with Crippen molar-refractivity contribution in [2.75, 3.05) is 21.5 Å². The Morgan fingerprint density at radius 1 is 0.536 bits per heavy atom. The molecule has 0 aliphatic carbocycles. The molecule has 0 amide bonds. The molecule has 0 aliphatic heterocycles. The zero-order valence-corrected chi connectivity index (χ0v) is 13.4. The third kappa shape index (κ3) is 4.61. The molecule has 0 radical (unpaired) electrons. The molecule has 4 heterocycles. The van der Waals surface area contributed by atoms with Crippen LogP contribution in [0.5, 0.6) is 0 Å². The molecule has 22 heteroatoms. The van der Waals surface area contributed by atoms with Crippen LogP contribution in [0.2, 0.25) is 0 Å². The summed E-state index contributed by atoms with van der Waals surface area (Å²) in [5, 5.41) is 59.2. The number of H-pyrrole nitrogens is 2. The Labute approximate surface area is 152 Å². The highest BCUT2D eigenvalue weighted by atomic mass is 15.5. The van der Waals surface area contributed by atoms with Crippen molar-refractivity contribution < 1.29 is 0 Å². The fourth-order valence-electron chi connectivity index (χ4n) is 1.45. The summed E-state index contributed by atoms with van der Waals surface area (Å²) in [5.74, 6) is 11.4. The number of nitrogens with one attached hydrogen (secondary N) is 6. The minimum absolute atomic E-state index is 0.202. The third-order valence-electron chi connectivity index (χ3n) is 2.53. The average molecular weight is 390 g/mol. The lowest BCUT2D eigenvalue weighted by molar-refractivity contribution is 0.766. The van der Waals surface area contributed by atoms with Crippen LogP contribution < -0.4 is 33.2 Å². The fourth-order valence-corrected chi connectivity index (χ4v) is 1.45. The molecule has 0 saturated heterocycles. The molecule has 0 aliphatic rings. The smallest absolute Gasteiger partial charge is 0.268 e. The van der Waals surface area contributed by atoms with E-state index in [0.717, 1.165) is 0 Å². The van der Waals surface area contributed by atoms with E-state index in [2.05, 4.69) is 104 Å². The molecule has 0 atom stereocenters. The molecule has 0 fully saturated rings. The molecule has 4 rings (SSSR count). The average Bonchev–Trinajstić information content (AvgIpc) is 3.44. The van der Waals surface area contributed by atoms with Crippen LogP contribution in [0, 0.1) is 0 Å². The molecule has 0 bridgehead atoms. The van der Waals surface area contributed by atoms with Gasteiger partial charge in [0.05, 0.1) is 0 Å². The number of hydrogen-bond donors (Lipinski definition) is 8. The first-order chi connectivity index (χ1) is 13.8. The van der Waals surface area contributed by atoms with E-state index >= 15 is 0 Å². The van der Waals surface area contributed by atoms with E-state index in [0.29, 0.717) is 0 Å². The van der Waals surface area contributed by atoms with Gasteiger partial charge in [-0.25, -0.2) is 11.7 Å². The fraction of sp³-hybridized carbons (Fsp3) is 0. The van der Waals surface area contributed by atoms with Gasteiger partial charge in [0.25, 0.3) is 11.9 Å². The lowest BCUT2D eigenvalue weighted by Crippen LogP contribution is -2.17. The van der Waals surface area contributed by atoms with Crippen LogP contribution in [-0.4, -0.2) is 82.5 Å². The summed E-state index contributed by atoms with van der Waals surface area (Å²) in [6.45, 7) is 0. The Bertz CT molecular complexity index is 867. The van der Waals surface area contributed by atoms with Gasteiger partial charge in [-0.1, -0.05) is 10.2 Å². The van der Waals surface area contributed by atoms with Crippen molar-refractivity contribution >= 4 is 35.2 Å². The molecule has 4 aromatic heterocycles. The first-order valence-electron chi connectivity index (χ1n) is 6.86. The molecular formula is C6H10N22. The Balaban J connectivity index is 0.000000192. The Morgan fingerprint density at radius 2 is 0.929 bits per heavy atom. The molecule has 0 unspecified atom stereocenters. The third-order valence-corrected chi connectivity index (χ3v) is 2.53. The van der Waals surface area contributed by atoms with Gasteiger partial charge in [-0.2, -0.15) is 10.4 Å².